The van der Waals surface area contributed by atoms with Crippen molar-refractivity contribution in [2.24, 2.45) is 0 Å². The number of anilines is 1. The fourth-order valence-electron chi connectivity index (χ4n) is 2.69. The lowest BCUT2D eigenvalue weighted by molar-refractivity contribution is -0.141. The third-order valence-electron chi connectivity index (χ3n) is 4.11. The average molecular weight is 469 g/mol. The number of nitrogens with zero attached hydrogens (tertiary/aromatic N) is 1. The minimum absolute atomic E-state index is 0.0429. The van der Waals surface area contributed by atoms with E-state index < -0.39 is 33.6 Å². The first-order valence-corrected chi connectivity index (χ1v) is 11.0. The van der Waals surface area contributed by atoms with Crippen LogP contribution in [0.3, 0.4) is 0 Å². The van der Waals surface area contributed by atoms with E-state index in [0.29, 0.717) is 5.56 Å². The number of sulfonamides is 1. The Morgan fingerprint density at radius 1 is 1.28 bits per heavy atom. The minimum atomic E-state index is -4.57. The second kappa shape index (κ2) is 9.82. The highest BCUT2D eigenvalue weighted by molar-refractivity contribution is 7.92. The van der Waals surface area contributed by atoms with Crippen LogP contribution in [0, 0.1) is 18.2 Å². The van der Waals surface area contributed by atoms with E-state index >= 15 is 0 Å². The topological polar surface area (TPSA) is 88.2 Å². The standard InChI is InChI=1S/C21H19F4N3O3S/c1-4-14-10-13(11-16(22)20(14)28-32(3,30)31)12-26-19(29)9-7-15-6-8-18(21(23,24)25)27-17(15)5-2/h1,6-11,28H,5,12H2,2-3H3,(H,26,29)/b9-7+. The fourth-order valence-corrected chi connectivity index (χ4v) is 3.26. The number of hydrogen-bond acceptors (Lipinski definition) is 4. The van der Waals surface area contributed by atoms with Gasteiger partial charge in [0.05, 0.1) is 17.5 Å². The van der Waals surface area contributed by atoms with Gasteiger partial charge in [0.1, 0.15) is 11.5 Å². The quantitative estimate of drug-likeness (QED) is 0.369. The van der Waals surface area contributed by atoms with Crippen molar-refractivity contribution < 1.29 is 30.8 Å². The van der Waals surface area contributed by atoms with Gasteiger partial charge in [0, 0.05) is 18.3 Å². The van der Waals surface area contributed by atoms with E-state index in [1.807, 2.05) is 4.72 Å². The van der Waals surface area contributed by atoms with Crippen LogP contribution < -0.4 is 10.0 Å². The van der Waals surface area contributed by atoms with Crippen LogP contribution >= 0.6 is 0 Å². The van der Waals surface area contributed by atoms with Gasteiger partial charge in [0.25, 0.3) is 0 Å². The molecule has 170 valence electrons. The van der Waals surface area contributed by atoms with Gasteiger partial charge >= 0.3 is 6.18 Å². The average Bonchev–Trinajstić information content (AvgIpc) is 2.70. The normalized spacial score (nSPS) is 11.9. The highest BCUT2D eigenvalue weighted by Gasteiger charge is 2.32. The lowest BCUT2D eigenvalue weighted by atomic mass is 10.1. The van der Waals surface area contributed by atoms with Crippen molar-refractivity contribution in [2.45, 2.75) is 26.1 Å². The number of aryl methyl sites for hydroxylation is 1. The van der Waals surface area contributed by atoms with Crippen molar-refractivity contribution in [2.75, 3.05) is 11.0 Å². The molecule has 1 aromatic heterocycles. The summed E-state index contributed by atoms with van der Waals surface area (Å²) >= 11 is 0. The van der Waals surface area contributed by atoms with Gasteiger partial charge in [-0.1, -0.05) is 18.9 Å². The first-order chi connectivity index (χ1) is 14.8. The molecule has 1 heterocycles. The van der Waals surface area contributed by atoms with Crippen molar-refractivity contribution in [3.05, 3.63) is 64.2 Å². The molecule has 32 heavy (non-hydrogen) atoms. The zero-order valence-corrected chi connectivity index (χ0v) is 17.9. The Morgan fingerprint density at radius 3 is 2.53 bits per heavy atom. The zero-order chi connectivity index (χ0) is 24.1. The van der Waals surface area contributed by atoms with Gasteiger partial charge in [0.15, 0.2) is 0 Å². The van der Waals surface area contributed by atoms with Gasteiger partial charge in [-0.15, -0.1) is 6.42 Å². The van der Waals surface area contributed by atoms with E-state index in [9.17, 15) is 30.8 Å². The number of rotatable bonds is 7. The molecule has 0 atom stereocenters. The Balaban J connectivity index is 2.13. The maximum atomic E-state index is 14.3. The van der Waals surface area contributed by atoms with Gasteiger partial charge in [-0.05, 0) is 41.8 Å². The van der Waals surface area contributed by atoms with E-state index in [0.717, 1.165) is 24.5 Å². The van der Waals surface area contributed by atoms with Gasteiger partial charge in [-0.3, -0.25) is 9.52 Å². The van der Waals surface area contributed by atoms with Gasteiger partial charge in [-0.2, -0.15) is 13.2 Å². The summed E-state index contributed by atoms with van der Waals surface area (Å²) in [6.07, 6.45) is 4.27. The molecule has 11 heteroatoms. The Bertz CT molecular complexity index is 1200. The summed E-state index contributed by atoms with van der Waals surface area (Å²) in [6, 6.07) is 4.41. The van der Waals surface area contributed by atoms with Gasteiger partial charge < -0.3 is 5.32 Å². The van der Waals surface area contributed by atoms with Gasteiger partial charge in [0.2, 0.25) is 15.9 Å². The smallest absolute Gasteiger partial charge is 0.348 e. The molecule has 0 bridgehead atoms. The number of carbonyl (C=O) groups excluding carboxylic acids is 1. The summed E-state index contributed by atoms with van der Waals surface area (Å²) in [7, 11) is -3.75. The molecule has 0 unspecified atom stereocenters. The molecule has 0 radical (unpaired) electrons. The van der Waals surface area contributed by atoms with Crippen molar-refractivity contribution >= 4 is 27.7 Å². The zero-order valence-electron chi connectivity index (χ0n) is 17.0. The van der Waals surface area contributed by atoms with Crippen molar-refractivity contribution in [1.82, 2.24) is 10.3 Å². The molecular weight excluding hydrogens is 450 g/mol. The molecule has 0 saturated heterocycles. The van der Waals surface area contributed by atoms with Crippen LogP contribution in [0.4, 0.5) is 23.2 Å². The van der Waals surface area contributed by atoms with E-state index in [1.54, 1.807) is 6.92 Å². The molecule has 0 aliphatic carbocycles. The number of carbonyl (C=O) groups is 1. The Hall–Kier alpha value is -3.39. The fraction of sp³-hybridized carbons (Fsp3) is 0.238. The number of terminal acetylenes is 1. The number of alkyl halides is 3. The Morgan fingerprint density at radius 2 is 1.97 bits per heavy atom. The second-order valence-corrected chi connectivity index (χ2v) is 8.40. The van der Waals surface area contributed by atoms with E-state index in [1.165, 1.54) is 18.2 Å². The molecule has 0 fully saturated rings. The maximum Gasteiger partial charge on any atom is 0.433 e. The number of hydrogen-bond donors (Lipinski definition) is 2. The third-order valence-corrected chi connectivity index (χ3v) is 4.68. The summed E-state index contributed by atoms with van der Waals surface area (Å²) in [5.41, 5.74) is -0.616. The molecule has 1 aromatic carbocycles. The molecular formula is C21H19F4N3O3S. The SMILES string of the molecule is C#Cc1cc(CNC(=O)/C=C/c2ccc(C(F)(F)F)nc2CC)cc(F)c1NS(C)(=O)=O. The summed E-state index contributed by atoms with van der Waals surface area (Å²) in [5, 5.41) is 2.49. The first kappa shape index (κ1) is 24.9. The molecule has 6 nitrogen and oxygen atoms in total. The Labute approximate surface area is 182 Å². The number of nitrogens with one attached hydrogen (secondary N) is 2. The molecule has 0 aliphatic heterocycles. The number of halogens is 4. The summed E-state index contributed by atoms with van der Waals surface area (Å²) < 4.78 is 77.3. The Kier molecular flexibility index (Phi) is 7.64. The maximum absolute atomic E-state index is 14.3. The molecule has 0 aliphatic rings. The summed E-state index contributed by atoms with van der Waals surface area (Å²) in [4.78, 5) is 15.7. The molecule has 2 N–H and O–H groups in total. The number of benzene rings is 1. The third kappa shape index (κ3) is 6.81. The minimum Gasteiger partial charge on any atom is -0.348 e. The molecule has 1 amide bonds. The van der Waals surface area contributed by atoms with Crippen LogP contribution in [0.1, 0.15) is 35.0 Å². The van der Waals surface area contributed by atoms with Crippen LogP contribution in [0.25, 0.3) is 6.08 Å². The lowest BCUT2D eigenvalue weighted by Crippen LogP contribution is -2.21. The highest BCUT2D eigenvalue weighted by Crippen LogP contribution is 2.28. The predicted molar refractivity (Wildman–Crippen MR) is 112 cm³/mol. The first-order valence-electron chi connectivity index (χ1n) is 9.14. The largest absolute Gasteiger partial charge is 0.433 e. The van der Waals surface area contributed by atoms with E-state index in [-0.39, 0.29) is 35.5 Å². The van der Waals surface area contributed by atoms with Gasteiger partial charge in [-0.25, -0.2) is 17.8 Å². The van der Waals surface area contributed by atoms with Crippen LogP contribution in [0.5, 0.6) is 0 Å². The second-order valence-electron chi connectivity index (χ2n) is 6.65. The number of pyridine rings is 1. The van der Waals surface area contributed by atoms with E-state index in [4.69, 9.17) is 6.42 Å². The van der Waals surface area contributed by atoms with Crippen molar-refractivity contribution in [1.29, 1.82) is 0 Å². The van der Waals surface area contributed by atoms with Crippen molar-refractivity contribution in [3.8, 4) is 12.3 Å². The molecule has 2 aromatic rings. The summed E-state index contributed by atoms with van der Waals surface area (Å²) in [6.45, 7) is 1.51. The summed E-state index contributed by atoms with van der Waals surface area (Å²) in [5.74, 6) is 0.683. The molecule has 0 spiro atoms. The predicted octanol–water partition coefficient (Wildman–Crippen LogP) is 3.48. The van der Waals surface area contributed by atoms with Crippen LogP contribution in [-0.4, -0.2) is 25.6 Å². The van der Waals surface area contributed by atoms with Crippen LogP contribution in [0.15, 0.2) is 30.3 Å². The number of aromatic nitrogens is 1. The molecule has 0 saturated carbocycles. The van der Waals surface area contributed by atoms with Crippen LogP contribution in [-0.2, 0) is 34.0 Å². The van der Waals surface area contributed by atoms with Crippen molar-refractivity contribution in [3.63, 3.8) is 0 Å². The van der Waals surface area contributed by atoms with Crippen LogP contribution in [0.2, 0.25) is 0 Å². The lowest BCUT2D eigenvalue weighted by Gasteiger charge is -2.11. The highest BCUT2D eigenvalue weighted by atomic mass is 32.2. The number of amides is 1. The molecule has 2 rings (SSSR count). The monoisotopic (exact) mass is 469 g/mol. The van der Waals surface area contributed by atoms with E-state index in [2.05, 4.69) is 16.2 Å².